The van der Waals surface area contributed by atoms with Crippen molar-refractivity contribution in [2.45, 2.75) is 26.1 Å². The zero-order valence-corrected chi connectivity index (χ0v) is 14.1. The number of alkyl halides is 3. The quantitative estimate of drug-likeness (QED) is 0.753. The molecule has 1 aromatic rings. The third-order valence-electron chi connectivity index (χ3n) is 4.36. The Balaban J connectivity index is 1.72. The molecular weight excluding hydrogens is 325 g/mol. The Morgan fingerprint density at radius 3 is 2.30 bits per heavy atom. The number of rotatable bonds is 5. The maximum atomic E-state index is 13.7. The molecule has 0 bridgehead atoms. The summed E-state index contributed by atoms with van der Waals surface area (Å²) in [5.74, 6) is 0. The fourth-order valence-electron chi connectivity index (χ4n) is 3.04. The van der Waals surface area contributed by atoms with Crippen molar-refractivity contribution >= 4 is 12.1 Å². The van der Waals surface area contributed by atoms with Gasteiger partial charge in [-0.15, -0.1) is 0 Å². The molecule has 2 saturated heterocycles. The van der Waals surface area contributed by atoms with Gasteiger partial charge >= 0.3 is 6.18 Å². The van der Waals surface area contributed by atoms with Crippen molar-refractivity contribution in [1.29, 1.82) is 0 Å². The van der Waals surface area contributed by atoms with Crippen molar-refractivity contribution in [1.82, 2.24) is 8.61 Å². The lowest BCUT2D eigenvalue weighted by molar-refractivity contribution is -0.176. The highest BCUT2D eigenvalue weighted by molar-refractivity contribution is 7.94. The maximum absolute atomic E-state index is 13.7. The first kappa shape index (κ1) is 17.1. The van der Waals surface area contributed by atoms with Gasteiger partial charge in [-0.25, -0.2) is 8.61 Å². The van der Waals surface area contributed by atoms with Crippen LogP contribution in [0.5, 0.6) is 0 Å². The lowest BCUT2D eigenvalue weighted by atomic mass is 9.80. The highest BCUT2D eigenvalue weighted by Gasteiger charge is 2.51. The second-order valence-corrected chi connectivity index (χ2v) is 7.61. The van der Waals surface area contributed by atoms with E-state index in [1.165, 1.54) is 16.4 Å². The first-order valence-electron chi connectivity index (χ1n) is 7.74. The summed E-state index contributed by atoms with van der Waals surface area (Å²) in [7, 11) is 0. The van der Waals surface area contributed by atoms with Crippen LogP contribution in [0.15, 0.2) is 24.3 Å². The van der Waals surface area contributed by atoms with Gasteiger partial charge in [-0.1, -0.05) is 36.8 Å². The summed E-state index contributed by atoms with van der Waals surface area (Å²) in [6, 6.07) is 5.03. The van der Waals surface area contributed by atoms with E-state index in [-0.39, 0.29) is 5.41 Å². The monoisotopic (exact) mass is 346 g/mol. The molecule has 1 atom stereocenters. The van der Waals surface area contributed by atoms with Gasteiger partial charge in [0.2, 0.25) is 0 Å². The van der Waals surface area contributed by atoms with E-state index >= 15 is 0 Å². The molecule has 3 rings (SSSR count). The van der Waals surface area contributed by atoms with Crippen LogP contribution in [-0.2, 0) is 4.74 Å². The standard InChI is InChI=1S/C16H21F3N2OS/c1-3-21(23-20-8-15(9-20)10-22-11-15)14(16(17,18)19)13-6-4-12(2)5-7-13/h4-7,14H,3,8-11H2,1-2H3. The smallest absolute Gasteiger partial charge is 0.380 e. The second-order valence-electron chi connectivity index (χ2n) is 6.46. The topological polar surface area (TPSA) is 15.7 Å². The first-order chi connectivity index (χ1) is 10.8. The van der Waals surface area contributed by atoms with E-state index < -0.39 is 12.2 Å². The van der Waals surface area contributed by atoms with Gasteiger partial charge in [-0.2, -0.15) is 13.2 Å². The number of hydrogen-bond acceptors (Lipinski definition) is 4. The minimum atomic E-state index is -4.31. The van der Waals surface area contributed by atoms with Gasteiger partial charge in [0, 0.05) is 37.2 Å². The van der Waals surface area contributed by atoms with Crippen molar-refractivity contribution in [2.24, 2.45) is 5.41 Å². The van der Waals surface area contributed by atoms with Crippen molar-refractivity contribution in [3.63, 3.8) is 0 Å². The lowest BCUT2D eigenvalue weighted by Crippen LogP contribution is -2.64. The van der Waals surface area contributed by atoms with Gasteiger partial charge in [0.25, 0.3) is 0 Å². The fourth-order valence-corrected chi connectivity index (χ4v) is 4.45. The van der Waals surface area contributed by atoms with Crippen LogP contribution in [0.25, 0.3) is 0 Å². The summed E-state index contributed by atoms with van der Waals surface area (Å²) >= 11 is 1.21. The Morgan fingerprint density at radius 2 is 1.87 bits per heavy atom. The van der Waals surface area contributed by atoms with Gasteiger partial charge in [0.05, 0.1) is 13.2 Å². The highest BCUT2D eigenvalue weighted by Crippen LogP contribution is 2.46. The van der Waals surface area contributed by atoms with E-state index in [1.807, 2.05) is 11.2 Å². The van der Waals surface area contributed by atoms with Crippen LogP contribution < -0.4 is 0 Å². The van der Waals surface area contributed by atoms with Crippen molar-refractivity contribution in [3.05, 3.63) is 35.4 Å². The first-order valence-corrected chi connectivity index (χ1v) is 8.47. The molecule has 2 fully saturated rings. The van der Waals surface area contributed by atoms with E-state index in [4.69, 9.17) is 4.74 Å². The second kappa shape index (κ2) is 6.27. The van der Waals surface area contributed by atoms with Gasteiger partial charge in [0.15, 0.2) is 0 Å². The van der Waals surface area contributed by atoms with E-state index in [2.05, 4.69) is 0 Å². The molecule has 7 heteroatoms. The fraction of sp³-hybridized carbons (Fsp3) is 0.625. The molecule has 1 unspecified atom stereocenters. The average Bonchev–Trinajstić information content (AvgIpc) is 2.39. The maximum Gasteiger partial charge on any atom is 0.409 e. The number of ether oxygens (including phenoxy) is 1. The Bertz CT molecular complexity index is 537. The highest BCUT2D eigenvalue weighted by atomic mass is 32.2. The summed E-state index contributed by atoms with van der Waals surface area (Å²) < 4.78 is 49.6. The average molecular weight is 346 g/mol. The molecule has 2 aliphatic rings. The summed E-state index contributed by atoms with van der Waals surface area (Å²) in [5.41, 5.74) is 1.45. The third kappa shape index (κ3) is 3.52. The number of hydrogen-bond donors (Lipinski definition) is 0. The summed E-state index contributed by atoms with van der Waals surface area (Å²) in [6.45, 7) is 7.02. The molecule has 0 amide bonds. The van der Waals surface area contributed by atoms with E-state index in [0.717, 1.165) is 31.9 Å². The zero-order valence-electron chi connectivity index (χ0n) is 13.3. The van der Waals surface area contributed by atoms with Crippen LogP contribution in [0.1, 0.15) is 24.1 Å². The number of benzene rings is 1. The van der Waals surface area contributed by atoms with Crippen molar-refractivity contribution in [2.75, 3.05) is 32.8 Å². The van der Waals surface area contributed by atoms with Crippen LogP contribution in [0.2, 0.25) is 0 Å². The molecular formula is C16H21F3N2OS. The van der Waals surface area contributed by atoms with Crippen LogP contribution in [-0.4, -0.2) is 47.6 Å². The van der Waals surface area contributed by atoms with E-state index in [0.29, 0.717) is 12.1 Å². The predicted molar refractivity (Wildman–Crippen MR) is 84.8 cm³/mol. The molecule has 2 aliphatic heterocycles. The molecule has 0 aromatic heterocycles. The molecule has 128 valence electrons. The molecule has 0 N–H and O–H groups in total. The third-order valence-corrected chi connectivity index (χ3v) is 5.53. The molecule has 0 radical (unpaired) electrons. The number of halogens is 3. The Morgan fingerprint density at radius 1 is 1.26 bits per heavy atom. The molecule has 23 heavy (non-hydrogen) atoms. The predicted octanol–water partition coefficient (Wildman–Crippen LogP) is 3.82. The molecule has 2 heterocycles. The van der Waals surface area contributed by atoms with E-state index in [1.54, 1.807) is 31.2 Å². The Labute approximate surface area is 139 Å². The Kier molecular flexibility index (Phi) is 4.66. The zero-order chi connectivity index (χ0) is 16.7. The van der Waals surface area contributed by atoms with Gasteiger partial charge in [0.1, 0.15) is 6.04 Å². The SMILES string of the molecule is CCN(SN1CC2(COC2)C1)C(c1ccc(C)cc1)C(F)(F)F. The molecule has 1 aromatic carbocycles. The number of nitrogens with zero attached hydrogens (tertiary/aromatic N) is 2. The van der Waals surface area contributed by atoms with Crippen LogP contribution in [0, 0.1) is 12.3 Å². The summed E-state index contributed by atoms with van der Waals surface area (Å²) in [5, 5.41) is 0. The van der Waals surface area contributed by atoms with Crippen LogP contribution >= 0.6 is 12.1 Å². The van der Waals surface area contributed by atoms with Gasteiger partial charge in [-0.3, -0.25) is 0 Å². The van der Waals surface area contributed by atoms with Gasteiger partial charge in [-0.05, 0) is 12.5 Å². The van der Waals surface area contributed by atoms with E-state index in [9.17, 15) is 13.2 Å². The molecule has 0 aliphatic carbocycles. The molecule has 1 spiro atoms. The largest absolute Gasteiger partial charge is 0.409 e. The molecule has 0 saturated carbocycles. The lowest BCUT2D eigenvalue weighted by Gasteiger charge is -2.55. The minimum Gasteiger partial charge on any atom is -0.380 e. The summed E-state index contributed by atoms with van der Waals surface area (Å²) in [6.07, 6.45) is -4.31. The molecule has 3 nitrogen and oxygen atoms in total. The minimum absolute atomic E-state index is 0.198. The van der Waals surface area contributed by atoms with Crippen molar-refractivity contribution in [3.8, 4) is 0 Å². The van der Waals surface area contributed by atoms with Crippen LogP contribution in [0.4, 0.5) is 13.2 Å². The van der Waals surface area contributed by atoms with Gasteiger partial charge < -0.3 is 4.74 Å². The normalized spacial score (nSPS) is 22.0. The Hall–Kier alpha value is -0.760. The van der Waals surface area contributed by atoms with Crippen molar-refractivity contribution < 1.29 is 17.9 Å². The summed E-state index contributed by atoms with van der Waals surface area (Å²) in [4.78, 5) is 0. The van der Waals surface area contributed by atoms with Crippen LogP contribution in [0.3, 0.4) is 0 Å². The number of aryl methyl sites for hydroxylation is 1.